The number of aryl methyl sites for hydroxylation is 1. The predicted molar refractivity (Wildman–Crippen MR) is 139 cm³/mol. The fourth-order valence-electron chi connectivity index (χ4n) is 4.38. The van der Waals surface area contributed by atoms with Gasteiger partial charge in [0.15, 0.2) is 11.5 Å². The molecule has 1 amide bonds. The van der Waals surface area contributed by atoms with Gasteiger partial charge in [-0.2, -0.15) is 4.98 Å². The Bertz CT molecular complexity index is 1260. The molecule has 0 aromatic carbocycles. The van der Waals surface area contributed by atoms with Crippen molar-refractivity contribution in [1.82, 2.24) is 34.4 Å². The summed E-state index contributed by atoms with van der Waals surface area (Å²) in [7, 11) is 3.81. The van der Waals surface area contributed by atoms with E-state index < -0.39 is 13.0 Å². The van der Waals surface area contributed by atoms with Crippen LogP contribution < -0.4 is 15.4 Å². The van der Waals surface area contributed by atoms with Crippen molar-refractivity contribution in [2.24, 2.45) is 0 Å². The maximum Gasteiger partial charge on any atom is 0.336 e. The molecule has 36 heavy (non-hydrogen) atoms. The van der Waals surface area contributed by atoms with Crippen molar-refractivity contribution < 1.29 is 12.3 Å². The number of hydrogen-bond donors (Lipinski definition) is 1. The molecule has 1 aliphatic rings. The van der Waals surface area contributed by atoms with Gasteiger partial charge >= 0.3 is 6.01 Å². The van der Waals surface area contributed by atoms with Crippen LogP contribution in [0.4, 0.5) is 11.6 Å². The molecule has 194 valence electrons. The number of likely N-dealkylation sites (N-methyl/N-ethyl adjacent to an activating group) is 1. The number of hydrogen-bond acceptors (Lipinski definition) is 9. The van der Waals surface area contributed by atoms with Crippen LogP contribution in [0, 0.1) is 6.92 Å². The summed E-state index contributed by atoms with van der Waals surface area (Å²) in [5, 5.41) is 4.46. The maximum atomic E-state index is 12.4. The molecule has 4 heterocycles. The van der Waals surface area contributed by atoms with Gasteiger partial charge in [0.05, 0.1) is 24.5 Å². The lowest BCUT2D eigenvalue weighted by atomic mass is 10.1. The molecule has 11 heteroatoms. The van der Waals surface area contributed by atoms with Crippen LogP contribution in [0.15, 0.2) is 18.5 Å². The lowest BCUT2D eigenvalue weighted by molar-refractivity contribution is -0.132. The van der Waals surface area contributed by atoms with E-state index >= 15 is 0 Å². The summed E-state index contributed by atoms with van der Waals surface area (Å²) in [6.07, 6.45) is 4.77. The van der Waals surface area contributed by atoms with E-state index in [1.807, 2.05) is 43.9 Å². The number of imidazole rings is 1. The number of anilines is 2. The zero-order chi connectivity index (χ0) is 27.4. The highest BCUT2D eigenvalue weighted by atomic mass is 16.5. The zero-order valence-electron chi connectivity index (χ0n) is 23.5. The normalized spacial score (nSPS) is 15.9. The standard InChI is InChI=1S/C25H37N9O2/c1-6-7-18(3)36-25-29-22(26)24-28-15-20(34(24)30-25)13-19-12-17(2)23(27-14-19)33-10-8-32(9-11-33)21(35)16-31(4)5/h12,14-15,18H,6-11,13,16H2,1-5H3,(H2,26,29,30)/t18-/m1/s1/i3D2. The van der Waals surface area contributed by atoms with E-state index in [1.54, 1.807) is 10.7 Å². The SMILES string of the molecule is [2H]C([2H])[C@H](CCC)Oc1nc(N)c2ncc(Cc3cnc(N4CCN(C(=O)CN(C)C)CC4)c(C)c3)n2n1. The van der Waals surface area contributed by atoms with Crippen LogP contribution in [-0.4, -0.2) is 93.2 Å². The topological polar surface area (TPSA) is 118 Å². The molecule has 3 aromatic rings. The van der Waals surface area contributed by atoms with Crippen molar-refractivity contribution in [2.75, 3.05) is 57.5 Å². The van der Waals surface area contributed by atoms with Crippen molar-refractivity contribution in [3.05, 3.63) is 35.3 Å². The third kappa shape index (κ3) is 5.84. The van der Waals surface area contributed by atoms with E-state index in [1.165, 1.54) is 0 Å². The summed E-state index contributed by atoms with van der Waals surface area (Å²) < 4.78 is 22.8. The zero-order valence-corrected chi connectivity index (χ0v) is 21.5. The van der Waals surface area contributed by atoms with E-state index in [-0.39, 0.29) is 17.7 Å². The number of carbonyl (C=O) groups excluding carboxylic acids is 1. The molecule has 1 saturated heterocycles. The fourth-order valence-corrected chi connectivity index (χ4v) is 4.38. The first kappa shape index (κ1) is 23.0. The van der Waals surface area contributed by atoms with Crippen LogP contribution in [0.25, 0.3) is 5.65 Å². The summed E-state index contributed by atoms with van der Waals surface area (Å²) in [5.74, 6) is 1.26. The summed E-state index contributed by atoms with van der Waals surface area (Å²) in [5.41, 5.74) is 9.39. The minimum atomic E-state index is -1.16. The average molecular weight is 498 g/mol. The molecule has 0 bridgehead atoms. The number of piperazine rings is 1. The first-order valence-electron chi connectivity index (χ1n) is 13.5. The van der Waals surface area contributed by atoms with Gasteiger partial charge in [-0.3, -0.25) is 4.79 Å². The second-order valence-electron chi connectivity index (χ2n) is 9.48. The van der Waals surface area contributed by atoms with E-state index in [2.05, 4.69) is 26.0 Å². The summed E-state index contributed by atoms with van der Waals surface area (Å²) in [6.45, 7) is 6.14. The summed E-state index contributed by atoms with van der Waals surface area (Å²) >= 11 is 0. The Morgan fingerprint density at radius 3 is 2.69 bits per heavy atom. The van der Waals surface area contributed by atoms with Crippen molar-refractivity contribution in [3.63, 3.8) is 0 Å². The molecule has 3 aromatic heterocycles. The van der Waals surface area contributed by atoms with Gasteiger partial charge in [0.1, 0.15) is 5.82 Å². The molecule has 4 rings (SSSR count). The highest BCUT2D eigenvalue weighted by Gasteiger charge is 2.23. The van der Waals surface area contributed by atoms with Crippen molar-refractivity contribution >= 4 is 23.2 Å². The Balaban J connectivity index is 1.47. The van der Waals surface area contributed by atoms with Gasteiger partial charge in [0, 0.05) is 41.5 Å². The second-order valence-corrected chi connectivity index (χ2v) is 9.48. The second kappa shape index (κ2) is 11.1. The van der Waals surface area contributed by atoms with Crippen molar-refractivity contribution in [1.29, 1.82) is 0 Å². The van der Waals surface area contributed by atoms with Gasteiger partial charge in [-0.05, 0) is 45.4 Å². The third-order valence-electron chi connectivity index (χ3n) is 6.15. The molecule has 1 fully saturated rings. The van der Waals surface area contributed by atoms with Crippen molar-refractivity contribution in [3.8, 4) is 6.01 Å². The van der Waals surface area contributed by atoms with Gasteiger partial charge in [-0.25, -0.2) is 14.5 Å². The molecular formula is C25H37N9O2. The lowest BCUT2D eigenvalue weighted by Gasteiger charge is -2.36. The Hall–Kier alpha value is -3.47. The predicted octanol–water partition coefficient (Wildman–Crippen LogP) is 1.78. The van der Waals surface area contributed by atoms with Crippen LogP contribution in [0.2, 0.25) is 0 Å². The van der Waals surface area contributed by atoms with Gasteiger partial charge in [-0.1, -0.05) is 19.4 Å². The number of nitrogen functional groups attached to an aromatic ring is 1. The molecule has 0 aliphatic carbocycles. The van der Waals surface area contributed by atoms with Crippen LogP contribution in [0.3, 0.4) is 0 Å². The number of aromatic nitrogens is 5. The highest BCUT2D eigenvalue weighted by Crippen LogP contribution is 2.22. The highest BCUT2D eigenvalue weighted by molar-refractivity contribution is 5.78. The van der Waals surface area contributed by atoms with E-state index in [0.29, 0.717) is 38.1 Å². The number of rotatable bonds is 9. The molecule has 0 saturated carbocycles. The van der Waals surface area contributed by atoms with Crippen LogP contribution in [0.1, 0.15) is 46.2 Å². The molecule has 0 unspecified atom stereocenters. The number of carbonyl (C=O) groups is 1. The Morgan fingerprint density at radius 1 is 1.25 bits per heavy atom. The van der Waals surface area contributed by atoms with Crippen molar-refractivity contribution in [2.45, 2.75) is 46.1 Å². The minimum Gasteiger partial charge on any atom is -0.459 e. The quantitative estimate of drug-likeness (QED) is 0.472. The first-order valence-corrected chi connectivity index (χ1v) is 12.3. The lowest BCUT2D eigenvalue weighted by Crippen LogP contribution is -2.51. The Morgan fingerprint density at radius 2 is 2.03 bits per heavy atom. The van der Waals surface area contributed by atoms with Crippen LogP contribution in [-0.2, 0) is 11.2 Å². The maximum absolute atomic E-state index is 12.4. The molecule has 11 nitrogen and oxygen atoms in total. The third-order valence-corrected chi connectivity index (χ3v) is 6.15. The summed E-state index contributed by atoms with van der Waals surface area (Å²) in [4.78, 5) is 31.7. The minimum absolute atomic E-state index is 0.0325. The molecule has 2 N–H and O–H groups in total. The first-order chi connectivity index (χ1) is 18.2. The van der Waals surface area contributed by atoms with E-state index in [9.17, 15) is 4.79 Å². The number of nitrogens with zero attached hydrogens (tertiary/aromatic N) is 8. The molecule has 0 radical (unpaired) electrons. The monoisotopic (exact) mass is 497 g/mol. The van der Waals surface area contributed by atoms with Gasteiger partial charge in [0.25, 0.3) is 0 Å². The molecule has 1 atom stereocenters. The van der Waals surface area contributed by atoms with Gasteiger partial charge in [-0.15, -0.1) is 5.10 Å². The van der Waals surface area contributed by atoms with Crippen LogP contribution >= 0.6 is 0 Å². The van der Waals surface area contributed by atoms with Gasteiger partial charge < -0.3 is 25.2 Å². The molecule has 1 aliphatic heterocycles. The smallest absolute Gasteiger partial charge is 0.336 e. The Labute approximate surface area is 215 Å². The average Bonchev–Trinajstić information content (AvgIpc) is 3.26. The van der Waals surface area contributed by atoms with Gasteiger partial charge in [0.2, 0.25) is 5.91 Å². The number of nitrogens with two attached hydrogens (primary N) is 1. The van der Waals surface area contributed by atoms with Crippen LogP contribution in [0.5, 0.6) is 6.01 Å². The molecular weight excluding hydrogens is 458 g/mol. The Kier molecular flexibility index (Phi) is 7.06. The number of amides is 1. The molecule has 0 spiro atoms. The van der Waals surface area contributed by atoms with E-state index in [0.717, 1.165) is 42.1 Å². The number of pyridine rings is 1. The van der Waals surface area contributed by atoms with E-state index in [4.69, 9.17) is 18.2 Å². The fraction of sp³-hybridized carbons (Fsp3) is 0.560. The number of ether oxygens (including phenoxy) is 1. The number of fused-ring (bicyclic) bond motifs is 1. The largest absolute Gasteiger partial charge is 0.459 e. The summed E-state index contributed by atoms with van der Waals surface area (Å²) in [6, 6.07) is 2.14.